The minimum atomic E-state index is -4.57. The number of methoxy groups -OCH3 is 1. The van der Waals surface area contributed by atoms with Gasteiger partial charge in [0.25, 0.3) is 0 Å². The van der Waals surface area contributed by atoms with Crippen LogP contribution in [0.4, 0.5) is 18.0 Å². The molecule has 0 aliphatic heterocycles. The van der Waals surface area contributed by atoms with Crippen LogP contribution < -0.4 is 10.6 Å². The standard InChI is InChI=1S/C17H19ClF3N5O3S/c1-29-8-4-7-26-14(11-5-2-3-6-12(11)18)24-25-16(26)30-9-13(27)23-15(28)22-10-17(19,20)21/h2-3,5-6H,4,7-10H2,1H3,(H2,22,23,27,28). The first-order chi connectivity index (χ1) is 14.2. The van der Waals surface area contributed by atoms with Crippen LogP contribution in [0.2, 0.25) is 5.02 Å². The summed E-state index contributed by atoms with van der Waals surface area (Å²) in [6, 6.07) is 5.85. The lowest BCUT2D eigenvalue weighted by molar-refractivity contribution is -0.124. The highest BCUT2D eigenvalue weighted by molar-refractivity contribution is 7.99. The summed E-state index contributed by atoms with van der Waals surface area (Å²) in [5.41, 5.74) is 0.659. The quantitative estimate of drug-likeness (QED) is 0.436. The molecule has 0 radical (unpaired) electrons. The summed E-state index contributed by atoms with van der Waals surface area (Å²) in [5.74, 6) is -0.516. The molecule has 1 aromatic carbocycles. The Balaban J connectivity index is 2.05. The van der Waals surface area contributed by atoms with Crippen LogP contribution in [0, 0.1) is 0 Å². The number of carbonyl (C=O) groups is 2. The second-order valence-electron chi connectivity index (χ2n) is 5.92. The van der Waals surface area contributed by atoms with Crippen molar-refractivity contribution in [1.82, 2.24) is 25.4 Å². The van der Waals surface area contributed by atoms with E-state index in [9.17, 15) is 22.8 Å². The van der Waals surface area contributed by atoms with Crippen molar-refractivity contribution in [3.8, 4) is 11.4 Å². The number of imide groups is 1. The average molecular weight is 466 g/mol. The van der Waals surface area contributed by atoms with Gasteiger partial charge in [0.1, 0.15) is 6.54 Å². The molecule has 1 aromatic heterocycles. The molecule has 0 aliphatic carbocycles. The first-order valence-electron chi connectivity index (χ1n) is 8.65. The minimum absolute atomic E-state index is 0.246. The summed E-state index contributed by atoms with van der Waals surface area (Å²) in [6.07, 6.45) is -3.92. The van der Waals surface area contributed by atoms with Gasteiger partial charge >= 0.3 is 12.2 Å². The van der Waals surface area contributed by atoms with Crippen LogP contribution >= 0.6 is 23.4 Å². The summed E-state index contributed by atoms with van der Waals surface area (Å²) >= 11 is 7.24. The Morgan fingerprint density at radius 3 is 2.67 bits per heavy atom. The Morgan fingerprint density at radius 2 is 2.00 bits per heavy atom. The van der Waals surface area contributed by atoms with E-state index in [1.54, 1.807) is 41.3 Å². The molecule has 30 heavy (non-hydrogen) atoms. The third kappa shape index (κ3) is 7.50. The van der Waals surface area contributed by atoms with E-state index >= 15 is 0 Å². The van der Waals surface area contributed by atoms with Gasteiger partial charge in [0.2, 0.25) is 5.91 Å². The van der Waals surface area contributed by atoms with E-state index < -0.39 is 24.7 Å². The number of nitrogens with one attached hydrogen (secondary N) is 2. The fourth-order valence-electron chi connectivity index (χ4n) is 2.32. The van der Waals surface area contributed by atoms with Crippen LogP contribution in [0.15, 0.2) is 29.4 Å². The zero-order valence-electron chi connectivity index (χ0n) is 15.8. The molecule has 0 spiro atoms. The minimum Gasteiger partial charge on any atom is -0.385 e. The number of benzene rings is 1. The molecule has 13 heteroatoms. The van der Waals surface area contributed by atoms with Crippen LogP contribution in [0.5, 0.6) is 0 Å². The largest absolute Gasteiger partial charge is 0.405 e. The van der Waals surface area contributed by atoms with Gasteiger partial charge in [-0.3, -0.25) is 10.1 Å². The SMILES string of the molecule is COCCCn1c(SCC(=O)NC(=O)NCC(F)(F)F)nnc1-c1ccccc1Cl. The molecule has 0 saturated heterocycles. The maximum absolute atomic E-state index is 12.1. The number of halogens is 4. The Bertz CT molecular complexity index is 879. The molecule has 164 valence electrons. The van der Waals surface area contributed by atoms with E-state index in [4.69, 9.17) is 16.3 Å². The Kier molecular flexibility index (Phi) is 8.93. The topological polar surface area (TPSA) is 98.1 Å². The van der Waals surface area contributed by atoms with Crippen molar-refractivity contribution in [2.75, 3.05) is 26.0 Å². The molecular weight excluding hydrogens is 447 g/mol. The van der Waals surface area contributed by atoms with Crippen molar-refractivity contribution in [3.63, 3.8) is 0 Å². The molecule has 1 heterocycles. The summed E-state index contributed by atoms with van der Waals surface area (Å²) in [6.45, 7) is -0.560. The third-order valence-corrected chi connectivity index (χ3v) is 4.89. The Morgan fingerprint density at radius 1 is 1.27 bits per heavy atom. The zero-order chi connectivity index (χ0) is 22.1. The van der Waals surface area contributed by atoms with Gasteiger partial charge < -0.3 is 14.6 Å². The van der Waals surface area contributed by atoms with Crippen LogP contribution in [0.25, 0.3) is 11.4 Å². The van der Waals surface area contributed by atoms with Gasteiger partial charge in [-0.25, -0.2) is 4.79 Å². The van der Waals surface area contributed by atoms with Crippen molar-refractivity contribution in [3.05, 3.63) is 29.3 Å². The Hall–Kier alpha value is -2.31. The van der Waals surface area contributed by atoms with Crippen molar-refractivity contribution >= 4 is 35.3 Å². The fourth-order valence-corrected chi connectivity index (χ4v) is 3.31. The van der Waals surface area contributed by atoms with Gasteiger partial charge in [0.05, 0.1) is 10.8 Å². The maximum atomic E-state index is 12.1. The van der Waals surface area contributed by atoms with Crippen molar-refractivity contribution < 1.29 is 27.5 Å². The Labute approximate surface area is 179 Å². The highest BCUT2D eigenvalue weighted by atomic mass is 35.5. The zero-order valence-corrected chi connectivity index (χ0v) is 17.4. The van der Waals surface area contributed by atoms with Gasteiger partial charge in [-0.1, -0.05) is 35.5 Å². The monoisotopic (exact) mass is 465 g/mol. The van der Waals surface area contributed by atoms with Gasteiger partial charge in [-0.05, 0) is 18.6 Å². The maximum Gasteiger partial charge on any atom is 0.405 e. The van der Waals surface area contributed by atoms with Crippen LogP contribution in [0.3, 0.4) is 0 Å². The highest BCUT2D eigenvalue weighted by Gasteiger charge is 2.28. The second kappa shape index (κ2) is 11.2. The van der Waals surface area contributed by atoms with Crippen molar-refractivity contribution in [1.29, 1.82) is 0 Å². The summed E-state index contributed by atoms with van der Waals surface area (Å²) < 4.78 is 43.1. The van der Waals surface area contributed by atoms with Gasteiger partial charge in [-0.2, -0.15) is 13.2 Å². The number of aromatic nitrogens is 3. The van der Waals surface area contributed by atoms with E-state index in [-0.39, 0.29) is 5.75 Å². The van der Waals surface area contributed by atoms with Crippen LogP contribution in [-0.4, -0.2) is 58.9 Å². The van der Waals surface area contributed by atoms with Crippen molar-refractivity contribution in [2.24, 2.45) is 0 Å². The summed E-state index contributed by atoms with van der Waals surface area (Å²) in [5, 5.41) is 12.5. The number of amides is 3. The molecule has 0 bridgehead atoms. The first-order valence-corrected chi connectivity index (χ1v) is 10.0. The number of rotatable bonds is 9. The predicted octanol–water partition coefficient (Wildman–Crippen LogP) is 3.12. The number of alkyl halides is 3. The number of urea groups is 1. The van der Waals surface area contributed by atoms with Crippen LogP contribution in [0.1, 0.15) is 6.42 Å². The van der Waals surface area contributed by atoms with Gasteiger partial charge in [-0.15, -0.1) is 10.2 Å². The summed E-state index contributed by atoms with van der Waals surface area (Å²) in [7, 11) is 1.57. The molecule has 2 aromatic rings. The van der Waals surface area contributed by atoms with E-state index in [0.717, 1.165) is 11.8 Å². The van der Waals surface area contributed by atoms with E-state index in [1.807, 2.05) is 5.32 Å². The number of carbonyl (C=O) groups excluding carboxylic acids is 2. The van der Waals surface area contributed by atoms with E-state index in [2.05, 4.69) is 10.2 Å². The fraction of sp³-hybridized carbons (Fsp3) is 0.412. The molecule has 0 saturated carbocycles. The molecule has 2 N–H and O–H groups in total. The summed E-state index contributed by atoms with van der Waals surface area (Å²) in [4.78, 5) is 23.2. The average Bonchev–Trinajstić information content (AvgIpc) is 3.07. The lowest BCUT2D eigenvalue weighted by atomic mass is 10.2. The molecular formula is C17H19ClF3N5O3S. The number of hydrogen-bond acceptors (Lipinski definition) is 6. The molecule has 0 atom stereocenters. The highest BCUT2D eigenvalue weighted by Crippen LogP contribution is 2.29. The molecule has 2 rings (SSSR count). The molecule has 0 fully saturated rings. The smallest absolute Gasteiger partial charge is 0.385 e. The molecule has 0 unspecified atom stereocenters. The number of ether oxygens (including phenoxy) is 1. The number of thioether (sulfide) groups is 1. The normalized spacial score (nSPS) is 11.4. The first kappa shape index (κ1) is 24.0. The van der Waals surface area contributed by atoms with E-state index in [0.29, 0.717) is 41.1 Å². The molecule has 8 nitrogen and oxygen atoms in total. The second-order valence-corrected chi connectivity index (χ2v) is 7.27. The van der Waals surface area contributed by atoms with Gasteiger partial charge in [0, 0.05) is 25.8 Å². The molecule has 3 amide bonds. The third-order valence-electron chi connectivity index (χ3n) is 3.60. The van der Waals surface area contributed by atoms with E-state index in [1.165, 1.54) is 0 Å². The lowest BCUT2D eigenvalue weighted by Gasteiger charge is -2.11. The number of nitrogens with zero attached hydrogens (tertiary/aromatic N) is 3. The van der Waals surface area contributed by atoms with Crippen molar-refractivity contribution in [2.45, 2.75) is 24.3 Å². The van der Waals surface area contributed by atoms with Gasteiger partial charge in [0.15, 0.2) is 11.0 Å². The molecule has 0 aliphatic rings. The number of hydrogen-bond donors (Lipinski definition) is 2. The van der Waals surface area contributed by atoms with Crippen LogP contribution in [-0.2, 0) is 16.1 Å². The predicted molar refractivity (Wildman–Crippen MR) is 105 cm³/mol. The lowest BCUT2D eigenvalue weighted by Crippen LogP contribution is -2.43.